The molecule has 0 aliphatic carbocycles. The van der Waals surface area contributed by atoms with Crippen molar-refractivity contribution in [1.29, 1.82) is 5.26 Å². The van der Waals surface area contributed by atoms with Crippen molar-refractivity contribution in [2.75, 3.05) is 18.9 Å². The van der Waals surface area contributed by atoms with E-state index in [9.17, 15) is 0 Å². The van der Waals surface area contributed by atoms with Gasteiger partial charge < -0.3 is 20.1 Å². The van der Waals surface area contributed by atoms with Crippen LogP contribution >= 0.6 is 0 Å². The average molecular weight is 338 g/mol. The van der Waals surface area contributed by atoms with Crippen LogP contribution in [0.25, 0.3) is 11.2 Å². The second kappa shape index (κ2) is 7.59. The highest BCUT2D eigenvalue weighted by Crippen LogP contribution is 2.20. The van der Waals surface area contributed by atoms with Gasteiger partial charge in [0.25, 0.3) is 0 Å². The van der Waals surface area contributed by atoms with Gasteiger partial charge in [-0.15, -0.1) is 0 Å². The lowest BCUT2D eigenvalue weighted by atomic mass is 10.1. The number of ether oxygens (including phenoxy) is 1. The van der Waals surface area contributed by atoms with Crippen molar-refractivity contribution in [3.8, 4) is 12.1 Å². The summed E-state index contributed by atoms with van der Waals surface area (Å²) in [5, 5.41) is 17.8. The van der Waals surface area contributed by atoms with E-state index in [4.69, 9.17) is 20.8 Å². The number of aliphatic hydroxyl groups excluding tert-OH is 1. The largest absolute Gasteiger partial charge is 0.463 e. The van der Waals surface area contributed by atoms with E-state index < -0.39 is 0 Å². The van der Waals surface area contributed by atoms with Crippen LogP contribution < -0.4 is 10.5 Å². The van der Waals surface area contributed by atoms with Gasteiger partial charge >= 0.3 is 6.01 Å². The summed E-state index contributed by atoms with van der Waals surface area (Å²) in [5.41, 5.74) is 8.60. The number of fused-ring (bicyclic) bond motifs is 1. The first-order chi connectivity index (χ1) is 12.2. The fraction of sp³-hybridized carbons (Fsp3) is 0.294. The second-order valence-corrected chi connectivity index (χ2v) is 5.53. The molecule has 3 aromatic rings. The number of anilines is 1. The molecule has 0 saturated heterocycles. The van der Waals surface area contributed by atoms with E-state index in [1.807, 2.05) is 22.8 Å². The standard InChI is InChI=1S/C17H18N6O2/c18-9-12-4-3-5-13(8-12)10-23-11-20-14-15(19)21-17(22-16(14)23)25-7-2-1-6-24/h3-5,8,11,24H,1-2,6-7,10H2,(H2,19,21,22). The molecule has 8 heteroatoms. The molecule has 3 rings (SSSR count). The molecule has 2 heterocycles. The molecule has 0 saturated carbocycles. The van der Waals surface area contributed by atoms with Crippen molar-refractivity contribution in [2.24, 2.45) is 0 Å². The zero-order valence-electron chi connectivity index (χ0n) is 13.6. The van der Waals surface area contributed by atoms with Crippen LogP contribution in [0.2, 0.25) is 0 Å². The molecule has 25 heavy (non-hydrogen) atoms. The van der Waals surface area contributed by atoms with Crippen LogP contribution in [0.3, 0.4) is 0 Å². The van der Waals surface area contributed by atoms with Gasteiger partial charge in [-0.1, -0.05) is 12.1 Å². The Morgan fingerprint density at radius 3 is 2.96 bits per heavy atom. The van der Waals surface area contributed by atoms with Crippen LogP contribution in [0.1, 0.15) is 24.0 Å². The highest BCUT2D eigenvalue weighted by Gasteiger charge is 2.12. The summed E-state index contributed by atoms with van der Waals surface area (Å²) in [5.74, 6) is 0.256. The molecular weight excluding hydrogens is 320 g/mol. The summed E-state index contributed by atoms with van der Waals surface area (Å²) in [6, 6.07) is 9.67. The number of aliphatic hydroxyl groups is 1. The number of nitrogens with zero attached hydrogens (tertiary/aromatic N) is 5. The number of unbranched alkanes of at least 4 members (excludes halogenated alkanes) is 1. The van der Waals surface area contributed by atoms with Gasteiger partial charge in [-0.05, 0) is 30.5 Å². The molecule has 0 amide bonds. The summed E-state index contributed by atoms with van der Waals surface area (Å²) >= 11 is 0. The molecule has 1 aromatic carbocycles. The minimum atomic E-state index is 0.125. The monoisotopic (exact) mass is 338 g/mol. The Labute approximate surface area is 144 Å². The van der Waals surface area contributed by atoms with E-state index in [-0.39, 0.29) is 18.4 Å². The number of hydrogen-bond acceptors (Lipinski definition) is 7. The number of rotatable bonds is 7. The lowest BCUT2D eigenvalue weighted by Gasteiger charge is -2.07. The summed E-state index contributed by atoms with van der Waals surface area (Å²) in [4.78, 5) is 12.8. The third kappa shape index (κ3) is 3.84. The maximum absolute atomic E-state index is 9.01. The number of nitriles is 1. The van der Waals surface area contributed by atoms with E-state index in [0.717, 1.165) is 5.56 Å². The van der Waals surface area contributed by atoms with Gasteiger partial charge in [0.05, 0.1) is 31.1 Å². The first kappa shape index (κ1) is 16.7. The third-order valence-corrected chi connectivity index (χ3v) is 3.66. The SMILES string of the molecule is N#Cc1cccc(Cn2cnc3c(N)nc(OCCCCO)nc32)c1. The van der Waals surface area contributed by atoms with Crippen LogP contribution in [0.4, 0.5) is 5.82 Å². The molecule has 0 fully saturated rings. The molecule has 0 atom stereocenters. The number of hydrogen-bond donors (Lipinski definition) is 2. The lowest BCUT2D eigenvalue weighted by Crippen LogP contribution is -2.06. The van der Waals surface area contributed by atoms with Gasteiger partial charge in [0.2, 0.25) is 0 Å². The smallest absolute Gasteiger partial charge is 0.320 e. The van der Waals surface area contributed by atoms with Crippen molar-refractivity contribution in [3.63, 3.8) is 0 Å². The fourth-order valence-corrected chi connectivity index (χ4v) is 2.44. The highest BCUT2D eigenvalue weighted by molar-refractivity contribution is 5.81. The van der Waals surface area contributed by atoms with Gasteiger partial charge in [0.1, 0.15) is 0 Å². The van der Waals surface area contributed by atoms with Crippen molar-refractivity contribution >= 4 is 17.0 Å². The predicted molar refractivity (Wildman–Crippen MR) is 91.8 cm³/mol. The molecule has 0 radical (unpaired) electrons. The van der Waals surface area contributed by atoms with Crippen molar-refractivity contribution in [2.45, 2.75) is 19.4 Å². The Morgan fingerprint density at radius 1 is 1.28 bits per heavy atom. The Morgan fingerprint density at radius 2 is 2.16 bits per heavy atom. The van der Waals surface area contributed by atoms with Crippen molar-refractivity contribution in [3.05, 3.63) is 41.7 Å². The Bertz CT molecular complexity index is 915. The van der Waals surface area contributed by atoms with Crippen LogP contribution in [-0.2, 0) is 6.54 Å². The molecule has 8 nitrogen and oxygen atoms in total. The zero-order valence-corrected chi connectivity index (χ0v) is 13.6. The topological polar surface area (TPSA) is 123 Å². The summed E-state index contributed by atoms with van der Waals surface area (Å²) in [6.07, 6.45) is 3.01. The summed E-state index contributed by atoms with van der Waals surface area (Å²) in [7, 11) is 0. The van der Waals surface area contributed by atoms with E-state index in [1.54, 1.807) is 12.4 Å². The van der Waals surface area contributed by atoms with E-state index >= 15 is 0 Å². The predicted octanol–water partition coefficient (Wildman–Crippen LogP) is 1.48. The van der Waals surface area contributed by atoms with Gasteiger partial charge in [-0.2, -0.15) is 15.2 Å². The average Bonchev–Trinajstić information content (AvgIpc) is 3.02. The summed E-state index contributed by atoms with van der Waals surface area (Å²) < 4.78 is 7.35. The molecule has 0 unspecified atom stereocenters. The number of imidazole rings is 1. The molecule has 0 aliphatic rings. The minimum Gasteiger partial charge on any atom is -0.463 e. The molecule has 0 bridgehead atoms. The third-order valence-electron chi connectivity index (χ3n) is 3.66. The summed E-state index contributed by atoms with van der Waals surface area (Å²) in [6.45, 7) is 1.04. The highest BCUT2D eigenvalue weighted by atomic mass is 16.5. The molecule has 2 aromatic heterocycles. The maximum atomic E-state index is 9.01. The van der Waals surface area contributed by atoms with Crippen LogP contribution in [0.15, 0.2) is 30.6 Å². The number of aromatic nitrogens is 4. The van der Waals surface area contributed by atoms with Crippen LogP contribution in [-0.4, -0.2) is 37.8 Å². The first-order valence-corrected chi connectivity index (χ1v) is 7.92. The first-order valence-electron chi connectivity index (χ1n) is 7.92. The molecule has 0 aliphatic heterocycles. The van der Waals surface area contributed by atoms with Gasteiger partial charge in [-0.3, -0.25) is 0 Å². The van der Waals surface area contributed by atoms with Crippen molar-refractivity contribution in [1.82, 2.24) is 19.5 Å². The number of nitrogen functional groups attached to an aromatic ring is 1. The fourth-order valence-electron chi connectivity index (χ4n) is 2.44. The normalized spacial score (nSPS) is 10.7. The molecule has 128 valence electrons. The van der Waals surface area contributed by atoms with E-state index in [2.05, 4.69) is 21.0 Å². The lowest BCUT2D eigenvalue weighted by molar-refractivity contribution is 0.244. The quantitative estimate of drug-likeness (QED) is 0.625. The van der Waals surface area contributed by atoms with Crippen LogP contribution in [0, 0.1) is 11.3 Å². The molecular formula is C17H18N6O2. The van der Waals surface area contributed by atoms with Gasteiger partial charge in [-0.25, -0.2) is 4.98 Å². The Hall–Kier alpha value is -3.18. The number of benzene rings is 1. The van der Waals surface area contributed by atoms with Crippen LogP contribution in [0.5, 0.6) is 6.01 Å². The Balaban J connectivity index is 1.85. The maximum Gasteiger partial charge on any atom is 0.320 e. The molecule has 0 spiro atoms. The van der Waals surface area contributed by atoms with E-state index in [1.165, 1.54) is 0 Å². The van der Waals surface area contributed by atoms with Crippen molar-refractivity contribution < 1.29 is 9.84 Å². The minimum absolute atomic E-state index is 0.125. The van der Waals surface area contributed by atoms with Gasteiger partial charge in [0, 0.05) is 6.61 Å². The second-order valence-electron chi connectivity index (χ2n) is 5.53. The van der Waals surface area contributed by atoms with E-state index in [0.29, 0.717) is 42.7 Å². The Kier molecular flexibility index (Phi) is 5.06. The zero-order chi connectivity index (χ0) is 17.6. The molecule has 3 N–H and O–H groups in total. The van der Waals surface area contributed by atoms with Gasteiger partial charge in [0.15, 0.2) is 17.0 Å². The number of nitrogens with two attached hydrogens (primary N) is 1.